The molecular weight excluding hydrogens is 370 g/mol. The fourth-order valence-corrected chi connectivity index (χ4v) is 3.07. The minimum Gasteiger partial charge on any atom is -0.330 e. The van der Waals surface area contributed by atoms with Gasteiger partial charge in [-0.2, -0.15) is 0 Å². The first-order valence-corrected chi connectivity index (χ1v) is 9.44. The molecule has 8 nitrogen and oxygen atoms in total. The highest BCUT2D eigenvalue weighted by Gasteiger charge is 2.26. The van der Waals surface area contributed by atoms with Crippen LogP contribution in [0, 0.1) is 17.0 Å². The number of carbonyl (C=O) groups is 1. The molecule has 0 bridgehead atoms. The molecular formula is C21H23N5O3. The Kier molecular flexibility index (Phi) is 6.01. The SMILES string of the molecule is CCC(C)N(Cc1ccccc1)C(=O)c1nnn(-c2cccc([N+](=O)[O-])c2)c1C. The smallest absolute Gasteiger partial charge is 0.276 e. The summed E-state index contributed by atoms with van der Waals surface area (Å²) in [6, 6.07) is 15.9. The van der Waals surface area contributed by atoms with Crippen LogP contribution in [0.3, 0.4) is 0 Å². The van der Waals surface area contributed by atoms with Crippen LogP contribution in [-0.2, 0) is 6.54 Å². The number of hydrogen-bond donors (Lipinski definition) is 0. The number of amides is 1. The van der Waals surface area contributed by atoms with E-state index in [2.05, 4.69) is 10.3 Å². The minimum absolute atomic E-state index is 0.0186. The van der Waals surface area contributed by atoms with Crippen molar-refractivity contribution in [2.45, 2.75) is 39.8 Å². The zero-order valence-electron chi connectivity index (χ0n) is 16.6. The second-order valence-electron chi connectivity index (χ2n) is 6.89. The van der Waals surface area contributed by atoms with Crippen LogP contribution < -0.4 is 0 Å². The van der Waals surface area contributed by atoms with Crippen LogP contribution in [0.25, 0.3) is 5.69 Å². The summed E-state index contributed by atoms with van der Waals surface area (Å²) in [6.45, 7) is 6.24. The van der Waals surface area contributed by atoms with Crippen LogP contribution in [0.2, 0.25) is 0 Å². The summed E-state index contributed by atoms with van der Waals surface area (Å²) >= 11 is 0. The predicted molar refractivity (Wildman–Crippen MR) is 109 cm³/mol. The van der Waals surface area contributed by atoms with Gasteiger partial charge in [-0.1, -0.05) is 48.5 Å². The summed E-state index contributed by atoms with van der Waals surface area (Å²) in [5.74, 6) is -0.211. The lowest BCUT2D eigenvalue weighted by Gasteiger charge is -2.28. The van der Waals surface area contributed by atoms with E-state index in [1.807, 2.05) is 44.2 Å². The Morgan fingerprint density at radius 3 is 2.59 bits per heavy atom. The van der Waals surface area contributed by atoms with E-state index in [1.165, 1.54) is 16.8 Å². The Balaban J connectivity index is 1.93. The average molecular weight is 393 g/mol. The standard InChI is InChI=1S/C21H23N5O3/c1-4-15(2)24(14-17-9-6-5-7-10-17)21(27)20-16(3)25(23-22-20)18-11-8-12-19(13-18)26(28)29/h5-13,15H,4,14H2,1-3H3. The van der Waals surface area contributed by atoms with Crippen LogP contribution in [0.4, 0.5) is 5.69 Å². The molecule has 150 valence electrons. The van der Waals surface area contributed by atoms with E-state index < -0.39 is 4.92 Å². The molecule has 0 radical (unpaired) electrons. The topological polar surface area (TPSA) is 94.2 Å². The predicted octanol–water partition coefficient (Wildman–Crippen LogP) is 3.92. The van der Waals surface area contributed by atoms with Crippen molar-refractivity contribution in [1.82, 2.24) is 19.9 Å². The second kappa shape index (κ2) is 8.64. The van der Waals surface area contributed by atoms with Gasteiger partial charge in [-0.25, -0.2) is 4.68 Å². The highest BCUT2D eigenvalue weighted by molar-refractivity contribution is 5.93. The molecule has 0 aliphatic rings. The van der Waals surface area contributed by atoms with Crippen molar-refractivity contribution in [3.05, 3.63) is 81.7 Å². The quantitative estimate of drug-likeness (QED) is 0.448. The first-order valence-electron chi connectivity index (χ1n) is 9.44. The van der Waals surface area contributed by atoms with Gasteiger partial charge in [0, 0.05) is 24.7 Å². The van der Waals surface area contributed by atoms with Gasteiger partial charge in [-0.05, 0) is 31.9 Å². The molecule has 1 unspecified atom stereocenters. The maximum atomic E-state index is 13.3. The number of carbonyl (C=O) groups excluding carboxylic acids is 1. The van der Waals surface area contributed by atoms with Crippen LogP contribution in [0.1, 0.15) is 42.0 Å². The maximum absolute atomic E-state index is 13.3. The number of benzene rings is 2. The van der Waals surface area contributed by atoms with Gasteiger partial charge in [0.05, 0.1) is 16.3 Å². The van der Waals surface area contributed by atoms with E-state index in [4.69, 9.17) is 0 Å². The first kappa shape index (κ1) is 20.2. The van der Waals surface area contributed by atoms with Crippen molar-refractivity contribution in [3.63, 3.8) is 0 Å². The van der Waals surface area contributed by atoms with Crippen molar-refractivity contribution in [2.24, 2.45) is 0 Å². The zero-order valence-corrected chi connectivity index (χ0v) is 16.6. The van der Waals surface area contributed by atoms with Crippen LogP contribution in [0.15, 0.2) is 54.6 Å². The average Bonchev–Trinajstić information content (AvgIpc) is 3.13. The van der Waals surface area contributed by atoms with Crippen molar-refractivity contribution >= 4 is 11.6 Å². The first-order chi connectivity index (χ1) is 13.9. The molecule has 29 heavy (non-hydrogen) atoms. The highest BCUT2D eigenvalue weighted by atomic mass is 16.6. The summed E-state index contributed by atoms with van der Waals surface area (Å²) in [4.78, 5) is 25.7. The van der Waals surface area contributed by atoms with E-state index in [1.54, 1.807) is 24.0 Å². The van der Waals surface area contributed by atoms with E-state index in [0.717, 1.165) is 12.0 Å². The summed E-state index contributed by atoms with van der Waals surface area (Å²) in [5.41, 5.74) is 2.26. The molecule has 1 heterocycles. The number of nitrogens with zero attached hydrogens (tertiary/aromatic N) is 5. The molecule has 0 saturated heterocycles. The number of aromatic nitrogens is 3. The molecule has 0 aliphatic heterocycles. The van der Waals surface area contributed by atoms with E-state index in [9.17, 15) is 14.9 Å². The second-order valence-corrected chi connectivity index (χ2v) is 6.89. The molecule has 1 amide bonds. The normalized spacial score (nSPS) is 11.8. The number of nitro groups is 1. The number of nitro benzene ring substituents is 1. The lowest BCUT2D eigenvalue weighted by Crippen LogP contribution is -2.38. The lowest BCUT2D eigenvalue weighted by atomic mass is 10.1. The van der Waals surface area contributed by atoms with Gasteiger partial charge in [0.2, 0.25) is 0 Å². The van der Waals surface area contributed by atoms with E-state index in [-0.39, 0.29) is 23.3 Å². The molecule has 0 saturated carbocycles. The van der Waals surface area contributed by atoms with Gasteiger partial charge in [-0.15, -0.1) is 5.10 Å². The highest BCUT2D eigenvalue weighted by Crippen LogP contribution is 2.20. The molecule has 0 aliphatic carbocycles. The number of rotatable bonds is 7. The largest absolute Gasteiger partial charge is 0.330 e. The molecule has 3 aromatic rings. The van der Waals surface area contributed by atoms with E-state index >= 15 is 0 Å². The zero-order chi connectivity index (χ0) is 21.0. The van der Waals surface area contributed by atoms with Crippen molar-refractivity contribution in [1.29, 1.82) is 0 Å². The molecule has 1 atom stereocenters. The molecule has 1 aromatic heterocycles. The van der Waals surface area contributed by atoms with E-state index in [0.29, 0.717) is 17.9 Å². The van der Waals surface area contributed by atoms with Crippen molar-refractivity contribution in [2.75, 3.05) is 0 Å². The third-order valence-corrected chi connectivity index (χ3v) is 4.96. The monoisotopic (exact) mass is 393 g/mol. The Bertz CT molecular complexity index is 1020. The number of hydrogen-bond acceptors (Lipinski definition) is 5. The van der Waals surface area contributed by atoms with Gasteiger partial charge in [0.1, 0.15) is 0 Å². The Morgan fingerprint density at radius 2 is 1.93 bits per heavy atom. The summed E-state index contributed by atoms with van der Waals surface area (Å²) in [6.07, 6.45) is 0.802. The van der Waals surface area contributed by atoms with Crippen molar-refractivity contribution in [3.8, 4) is 5.69 Å². The Labute approximate surface area is 168 Å². The Morgan fingerprint density at radius 1 is 1.21 bits per heavy atom. The number of non-ortho nitro benzene ring substituents is 1. The van der Waals surface area contributed by atoms with Gasteiger partial charge in [0.15, 0.2) is 5.69 Å². The third-order valence-electron chi connectivity index (χ3n) is 4.96. The fraction of sp³-hybridized carbons (Fsp3) is 0.286. The summed E-state index contributed by atoms with van der Waals surface area (Å²) < 4.78 is 1.46. The third kappa shape index (κ3) is 4.31. The van der Waals surface area contributed by atoms with Crippen LogP contribution in [-0.4, -0.2) is 36.8 Å². The van der Waals surface area contributed by atoms with Crippen LogP contribution in [0.5, 0.6) is 0 Å². The van der Waals surface area contributed by atoms with Crippen LogP contribution >= 0.6 is 0 Å². The lowest BCUT2D eigenvalue weighted by molar-refractivity contribution is -0.384. The van der Waals surface area contributed by atoms with Gasteiger partial charge >= 0.3 is 0 Å². The molecule has 3 rings (SSSR count). The molecule has 8 heteroatoms. The summed E-state index contributed by atoms with van der Waals surface area (Å²) in [7, 11) is 0. The Hall–Kier alpha value is -3.55. The molecule has 0 spiro atoms. The van der Waals surface area contributed by atoms with Crippen molar-refractivity contribution < 1.29 is 9.72 Å². The maximum Gasteiger partial charge on any atom is 0.276 e. The molecule has 0 N–H and O–H groups in total. The fourth-order valence-electron chi connectivity index (χ4n) is 3.07. The van der Waals surface area contributed by atoms with Gasteiger partial charge in [-0.3, -0.25) is 14.9 Å². The minimum atomic E-state index is -0.466. The van der Waals surface area contributed by atoms with Gasteiger partial charge in [0.25, 0.3) is 11.6 Å². The molecule has 2 aromatic carbocycles. The summed E-state index contributed by atoms with van der Waals surface area (Å²) in [5, 5.41) is 19.2. The molecule has 0 fully saturated rings. The van der Waals surface area contributed by atoms with Gasteiger partial charge < -0.3 is 4.90 Å².